The van der Waals surface area contributed by atoms with Crippen molar-refractivity contribution in [3.8, 4) is 0 Å². The SMILES string of the molecule is [2H]c1c([2H])c(N)c2c(c1[2H])C(=O)N(C1CCC(=C)NC1=O)C2([2H])[2H]. The molecule has 5 nitrogen and oxygen atoms in total. The molecule has 1 fully saturated rings. The highest BCUT2D eigenvalue weighted by Crippen LogP contribution is 2.31. The first-order chi connectivity index (χ1) is 11.1. The molecular weight excluding hydrogens is 242 g/mol. The molecule has 1 saturated heterocycles. The lowest BCUT2D eigenvalue weighted by atomic mass is 10.0. The zero-order valence-corrected chi connectivity index (χ0v) is 10.0. The van der Waals surface area contributed by atoms with Crippen LogP contribution in [0.25, 0.3) is 0 Å². The minimum atomic E-state index is -2.45. The molecule has 0 spiro atoms. The third kappa shape index (κ3) is 1.78. The van der Waals surface area contributed by atoms with E-state index in [-0.39, 0.29) is 23.2 Å². The fourth-order valence-corrected chi connectivity index (χ4v) is 2.22. The lowest BCUT2D eigenvalue weighted by Gasteiger charge is -2.30. The minimum absolute atomic E-state index is 0.193. The minimum Gasteiger partial charge on any atom is -0.398 e. The summed E-state index contributed by atoms with van der Waals surface area (Å²) in [6, 6.07) is -2.67. The van der Waals surface area contributed by atoms with Crippen molar-refractivity contribution in [2.45, 2.75) is 25.4 Å². The van der Waals surface area contributed by atoms with Crippen LogP contribution >= 0.6 is 0 Å². The number of anilines is 1. The first-order valence-electron chi connectivity index (χ1n) is 8.31. The van der Waals surface area contributed by atoms with Gasteiger partial charge in [-0.1, -0.05) is 12.6 Å². The summed E-state index contributed by atoms with van der Waals surface area (Å²) in [5, 5.41) is 2.50. The highest BCUT2D eigenvalue weighted by atomic mass is 16.2. The van der Waals surface area contributed by atoms with Gasteiger partial charge in [0.05, 0.1) is 6.85 Å². The summed E-state index contributed by atoms with van der Waals surface area (Å²) < 4.78 is 40.0. The molecule has 1 unspecified atom stereocenters. The predicted molar refractivity (Wildman–Crippen MR) is 71.0 cm³/mol. The van der Waals surface area contributed by atoms with Gasteiger partial charge in [-0.3, -0.25) is 9.59 Å². The van der Waals surface area contributed by atoms with E-state index in [4.69, 9.17) is 12.6 Å². The monoisotopic (exact) mass is 262 g/mol. The number of benzene rings is 1. The molecular formula is C14H15N3O2. The van der Waals surface area contributed by atoms with Gasteiger partial charge in [0.25, 0.3) is 5.91 Å². The summed E-state index contributed by atoms with van der Waals surface area (Å²) in [7, 11) is 0. The zero-order chi connectivity index (χ0) is 18.0. The van der Waals surface area contributed by atoms with E-state index >= 15 is 0 Å². The van der Waals surface area contributed by atoms with Crippen LogP contribution in [0.2, 0.25) is 0 Å². The number of nitrogens with two attached hydrogens (primary N) is 1. The number of carbonyl (C=O) groups excluding carboxylic acids is 2. The average Bonchev–Trinajstić information content (AvgIpc) is 2.70. The summed E-state index contributed by atoms with van der Waals surface area (Å²) in [5.74, 6) is -1.42. The smallest absolute Gasteiger partial charge is 0.255 e. The standard InChI is InChI=1S/C14H15N3O2/c1-8-5-6-12(13(18)16-8)17-7-10-9(14(17)19)3-2-4-11(10)15/h2-4,12H,1,5-7,15H2,(H,16,18)/i2D,3D,4D,7D2. The molecule has 0 aromatic heterocycles. The van der Waals surface area contributed by atoms with Crippen LogP contribution in [-0.4, -0.2) is 22.8 Å². The number of nitrogens with zero attached hydrogens (tertiary/aromatic N) is 1. The molecule has 2 heterocycles. The van der Waals surface area contributed by atoms with Crippen molar-refractivity contribution in [1.29, 1.82) is 0 Å². The second-order valence-electron chi connectivity index (χ2n) is 4.47. The number of piperidine rings is 1. The Morgan fingerprint density at radius 2 is 2.32 bits per heavy atom. The number of hydrogen-bond acceptors (Lipinski definition) is 3. The Morgan fingerprint density at radius 1 is 1.53 bits per heavy atom. The highest BCUT2D eigenvalue weighted by molar-refractivity contribution is 6.02. The Balaban J connectivity index is 2.18. The molecule has 1 aromatic rings. The van der Waals surface area contributed by atoms with Crippen LogP contribution in [0.1, 0.15) is 35.6 Å². The van der Waals surface area contributed by atoms with Gasteiger partial charge < -0.3 is 16.0 Å². The summed E-state index contributed by atoms with van der Waals surface area (Å²) >= 11 is 0. The number of allylic oxidation sites excluding steroid dienone is 1. The molecule has 2 amide bonds. The number of rotatable bonds is 1. The van der Waals surface area contributed by atoms with Crippen molar-refractivity contribution in [2.75, 3.05) is 5.73 Å². The normalized spacial score (nSPS) is 28.8. The zero-order valence-electron chi connectivity index (χ0n) is 15.0. The molecule has 2 aliphatic heterocycles. The third-order valence-electron chi connectivity index (χ3n) is 3.20. The Bertz CT molecular complexity index is 808. The Kier molecular flexibility index (Phi) is 1.59. The van der Waals surface area contributed by atoms with Gasteiger partial charge in [-0.15, -0.1) is 0 Å². The first kappa shape index (κ1) is 7.33. The van der Waals surface area contributed by atoms with Crippen LogP contribution in [0.4, 0.5) is 5.69 Å². The molecule has 0 bridgehead atoms. The van der Waals surface area contributed by atoms with Crippen molar-refractivity contribution >= 4 is 17.5 Å². The fourth-order valence-electron chi connectivity index (χ4n) is 2.22. The molecule has 0 radical (unpaired) electrons. The van der Waals surface area contributed by atoms with Crippen LogP contribution in [0.15, 0.2) is 30.4 Å². The second kappa shape index (κ2) is 4.12. The van der Waals surface area contributed by atoms with Gasteiger partial charge in [-0.05, 0) is 24.9 Å². The molecule has 0 saturated carbocycles. The van der Waals surface area contributed by atoms with Gasteiger partial charge in [0.15, 0.2) is 0 Å². The Labute approximate surface area is 118 Å². The number of carbonyl (C=O) groups is 2. The summed E-state index contributed by atoms with van der Waals surface area (Å²) in [4.78, 5) is 25.7. The van der Waals surface area contributed by atoms with Crippen LogP contribution in [0.5, 0.6) is 0 Å². The highest BCUT2D eigenvalue weighted by Gasteiger charge is 2.38. The van der Waals surface area contributed by atoms with Gasteiger partial charge in [-0.2, -0.15) is 0 Å². The largest absolute Gasteiger partial charge is 0.398 e. The number of nitrogens with one attached hydrogen (secondary N) is 1. The van der Waals surface area contributed by atoms with Gasteiger partial charge >= 0.3 is 0 Å². The Hall–Kier alpha value is -2.30. The van der Waals surface area contributed by atoms with Crippen molar-refractivity contribution in [1.82, 2.24) is 10.2 Å². The van der Waals surface area contributed by atoms with Gasteiger partial charge in [0.1, 0.15) is 6.04 Å². The maximum atomic E-state index is 12.7. The number of amides is 2. The van der Waals surface area contributed by atoms with Crippen molar-refractivity contribution in [2.24, 2.45) is 0 Å². The topological polar surface area (TPSA) is 75.4 Å². The molecule has 98 valence electrons. The van der Waals surface area contributed by atoms with E-state index < -0.39 is 42.5 Å². The average molecular weight is 262 g/mol. The third-order valence-corrected chi connectivity index (χ3v) is 3.20. The van der Waals surface area contributed by atoms with E-state index in [1.807, 2.05) is 0 Å². The Morgan fingerprint density at radius 3 is 3.05 bits per heavy atom. The van der Waals surface area contributed by atoms with E-state index in [0.29, 0.717) is 12.1 Å². The number of hydrogen-bond donors (Lipinski definition) is 2. The van der Waals surface area contributed by atoms with Gasteiger partial charge in [-0.25, -0.2) is 0 Å². The van der Waals surface area contributed by atoms with Gasteiger partial charge in [0, 0.05) is 29.0 Å². The van der Waals surface area contributed by atoms with E-state index in [0.717, 1.165) is 4.90 Å². The first-order valence-corrected chi connectivity index (χ1v) is 5.81. The summed E-state index contributed by atoms with van der Waals surface area (Å²) in [6.07, 6.45) is 0.585. The van der Waals surface area contributed by atoms with Crippen LogP contribution < -0.4 is 11.1 Å². The lowest BCUT2D eigenvalue weighted by Crippen LogP contribution is -2.49. The van der Waals surface area contributed by atoms with Crippen molar-refractivity contribution < 1.29 is 16.4 Å². The molecule has 1 aromatic carbocycles. The molecule has 1 atom stereocenters. The van der Waals surface area contributed by atoms with E-state index in [1.54, 1.807) is 0 Å². The number of nitrogen functional groups attached to an aromatic ring is 1. The lowest BCUT2D eigenvalue weighted by molar-refractivity contribution is -0.126. The molecule has 5 heteroatoms. The molecule has 3 rings (SSSR count). The molecule has 3 N–H and O–H groups in total. The van der Waals surface area contributed by atoms with E-state index in [1.165, 1.54) is 0 Å². The van der Waals surface area contributed by atoms with Crippen molar-refractivity contribution in [3.63, 3.8) is 0 Å². The molecule has 2 aliphatic rings. The second-order valence-corrected chi connectivity index (χ2v) is 4.47. The van der Waals surface area contributed by atoms with Crippen LogP contribution in [0, 0.1) is 0 Å². The molecule has 0 aliphatic carbocycles. The quantitative estimate of drug-likeness (QED) is 0.742. The predicted octanol–water partition coefficient (Wildman–Crippen LogP) is 1.02. The van der Waals surface area contributed by atoms with E-state index in [2.05, 4.69) is 11.9 Å². The summed E-state index contributed by atoms with van der Waals surface area (Å²) in [6.45, 7) is 1.20. The molecule has 19 heavy (non-hydrogen) atoms. The van der Waals surface area contributed by atoms with Crippen LogP contribution in [0.3, 0.4) is 0 Å². The van der Waals surface area contributed by atoms with Crippen LogP contribution in [-0.2, 0) is 11.3 Å². The van der Waals surface area contributed by atoms with E-state index in [9.17, 15) is 9.59 Å². The number of fused-ring (bicyclic) bond motifs is 1. The summed E-state index contributed by atoms with van der Waals surface area (Å²) in [5.41, 5.74) is 5.24. The van der Waals surface area contributed by atoms with Gasteiger partial charge in [0.2, 0.25) is 5.91 Å². The van der Waals surface area contributed by atoms with Crippen molar-refractivity contribution in [3.05, 3.63) is 41.5 Å². The maximum absolute atomic E-state index is 12.7. The maximum Gasteiger partial charge on any atom is 0.255 e. The fraction of sp³-hybridized carbons (Fsp3) is 0.286.